The number of benzene rings is 4. The molecule has 0 radical (unpaired) electrons. The predicted molar refractivity (Wildman–Crippen MR) is 153 cm³/mol. The monoisotopic (exact) mass is 512 g/mol. The van der Waals surface area contributed by atoms with Crippen LogP contribution in [0.4, 0.5) is 0 Å². The maximum atomic E-state index is 6.86. The Hall–Kier alpha value is -4.06. The standard InChI is InChI=1S/C32H32O6/c1-15(2)25-19-9-17-13-37-14-18-10-20-22(12-24(34-6)32(36-8)26(20)16(3)4)30-28(18)27(17)29(38-30)21(19)11-23(33-5)31(25)35-7/h9-16H,1-8H3. The summed E-state index contributed by atoms with van der Waals surface area (Å²) in [6.07, 6.45) is 3.60. The van der Waals surface area contributed by atoms with Crippen LogP contribution in [-0.4, -0.2) is 28.4 Å². The third kappa shape index (κ3) is 3.19. The molecule has 2 aromatic heterocycles. The molecule has 0 unspecified atom stereocenters. The van der Waals surface area contributed by atoms with E-state index in [0.29, 0.717) is 11.5 Å². The fourth-order valence-electron chi connectivity index (χ4n) is 6.09. The highest BCUT2D eigenvalue weighted by molar-refractivity contribution is 6.31. The minimum atomic E-state index is 0.191. The van der Waals surface area contributed by atoms with Crippen LogP contribution in [-0.2, 0) is 0 Å². The topological polar surface area (TPSA) is 63.2 Å². The zero-order valence-electron chi connectivity index (χ0n) is 23.1. The maximum Gasteiger partial charge on any atom is 0.164 e. The van der Waals surface area contributed by atoms with Crippen molar-refractivity contribution in [3.8, 4) is 23.0 Å². The number of hydrogen-bond donors (Lipinski definition) is 0. The maximum absolute atomic E-state index is 6.86. The zero-order chi connectivity index (χ0) is 26.9. The molecular weight excluding hydrogens is 480 g/mol. The Balaban J connectivity index is 1.91. The van der Waals surface area contributed by atoms with Gasteiger partial charge in [-0.25, -0.2) is 0 Å². The average molecular weight is 513 g/mol. The quantitative estimate of drug-likeness (QED) is 0.222. The molecule has 38 heavy (non-hydrogen) atoms. The molecule has 6 rings (SSSR count). The van der Waals surface area contributed by atoms with Crippen molar-refractivity contribution in [2.24, 2.45) is 0 Å². The van der Waals surface area contributed by atoms with E-state index in [-0.39, 0.29) is 11.8 Å². The number of hydrogen-bond acceptors (Lipinski definition) is 6. The molecule has 0 aliphatic rings. The summed E-state index contributed by atoms with van der Waals surface area (Å²) in [7, 11) is 6.70. The molecule has 4 aromatic carbocycles. The van der Waals surface area contributed by atoms with Crippen molar-refractivity contribution in [2.45, 2.75) is 39.5 Å². The van der Waals surface area contributed by atoms with Gasteiger partial charge >= 0.3 is 0 Å². The molecule has 0 spiro atoms. The highest BCUT2D eigenvalue weighted by Crippen LogP contribution is 2.50. The van der Waals surface area contributed by atoms with Gasteiger partial charge in [0, 0.05) is 43.4 Å². The fourth-order valence-corrected chi connectivity index (χ4v) is 6.09. The van der Waals surface area contributed by atoms with E-state index in [1.807, 2.05) is 12.1 Å². The molecule has 196 valence electrons. The summed E-state index contributed by atoms with van der Waals surface area (Å²) < 4.78 is 36.1. The molecule has 0 saturated carbocycles. The van der Waals surface area contributed by atoms with Gasteiger partial charge in [-0.15, -0.1) is 0 Å². The van der Waals surface area contributed by atoms with Crippen LogP contribution in [0.15, 0.2) is 45.6 Å². The third-order valence-corrected chi connectivity index (χ3v) is 7.62. The van der Waals surface area contributed by atoms with Crippen LogP contribution in [0.2, 0.25) is 0 Å². The van der Waals surface area contributed by atoms with Gasteiger partial charge in [-0.3, -0.25) is 0 Å². The summed E-state index contributed by atoms with van der Waals surface area (Å²) in [6.45, 7) is 8.63. The zero-order valence-corrected chi connectivity index (χ0v) is 23.1. The van der Waals surface area contributed by atoms with Crippen LogP contribution in [0.3, 0.4) is 0 Å². The van der Waals surface area contributed by atoms with Gasteiger partial charge in [0.15, 0.2) is 23.0 Å². The van der Waals surface area contributed by atoms with Gasteiger partial charge in [0.1, 0.15) is 11.2 Å². The number of fused-ring (bicyclic) bond motifs is 4. The van der Waals surface area contributed by atoms with E-state index in [0.717, 1.165) is 76.9 Å². The largest absolute Gasteiger partial charge is 0.493 e. The lowest BCUT2D eigenvalue weighted by atomic mass is 9.90. The van der Waals surface area contributed by atoms with Gasteiger partial charge in [0.25, 0.3) is 0 Å². The highest BCUT2D eigenvalue weighted by Gasteiger charge is 2.26. The Morgan fingerprint density at radius 3 is 1.32 bits per heavy atom. The first-order valence-electron chi connectivity index (χ1n) is 12.9. The minimum Gasteiger partial charge on any atom is -0.493 e. The van der Waals surface area contributed by atoms with Gasteiger partial charge in [0.2, 0.25) is 0 Å². The first-order valence-corrected chi connectivity index (χ1v) is 12.9. The molecule has 0 aliphatic heterocycles. The van der Waals surface area contributed by atoms with Crippen molar-refractivity contribution in [2.75, 3.05) is 28.4 Å². The van der Waals surface area contributed by atoms with Gasteiger partial charge in [-0.2, -0.15) is 0 Å². The molecule has 6 heteroatoms. The highest BCUT2D eigenvalue weighted by atomic mass is 16.5. The molecule has 6 nitrogen and oxygen atoms in total. The van der Waals surface area contributed by atoms with Crippen molar-refractivity contribution >= 4 is 54.3 Å². The van der Waals surface area contributed by atoms with Gasteiger partial charge in [-0.05, 0) is 46.9 Å². The summed E-state index contributed by atoms with van der Waals surface area (Å²) in [5, 5.41) is 7.99. The van der Waals surface area contributed by atoms with Crippen molar-refractivity contribution in [1.29, 1.82) is 0 Å². The van der Waals surface area contributed by atoms with Crippen molar-refractivity contribution < 1.29 is 27.8 Å². The molecule has 0 N–H and O–H groups in total. The Labute approximate surface area is 221 Å². The number of ether oxygens (including phenoxy) is 4. The Morgan fingerprint density at radius 1 is 0.553 bits per heavy atom. The van der Waals surface area contributed by atoms with Crippen molar-refractivity contribution in [1.82, 2.24) is 0 Å². The van der Waals surface area contributed by atoms with E-state index >= 15 is 0 Å². The van der Waals surface area contributed by atoms with E-state index in [2.05, 4.69) is 39.8 Å². The van der Waals surface area contributed by atoms with Crippen LogP contribution in [0.5, 0.6) is 23.0 Å². The molecule has 0 amide bonds. The lowest BCUT2D eigenvalue weighted by molar-refractivity contribution is 0.351. The van der Waals surface area contributed by atoms with E-state index in [1.165, 1.54) is 0 Å². The van der Waals surface area contributed by atoms with Crippen LogP contribution in [0.25, 0.3) is 54.3 Å². The van der Waals surface area contributed by atoms with Crippen LogP contribution in [0.1, 0.15) is 50.7 Å². The van der Waals surface area contributed by atoms with E-state index in [1.54, 1.807) is 41.0 Å². The Morgan fingerprint density at radius 2 is 0.974 bits per heavy atom. The molecule has 0 aliphatic carbocycles. The Kier molecular flexibility index (Phi) is 5.60. The van der Waals surface area contributed by atoms with E-state index in [4.69, 9.17) is 27.8 Å². The number of rotatable bonds is 6. The minimum absolute atomic E-state index is 0.191. The molecule has 0 atom stereocenters. The molecule has 0 bridgehead atoms. The summed E-state index contributed by atoms with van der Waals surface area (Å²) in [6, 6.07) is 8.38. The van der Waals surface area contributed by atoms with Crippen LogP contribution < -0.4 is 18.9 Å². The summed E-state index contributed by atoms with van der Waals surface area (Å²) in [5.41, 5.74) is 3.72. The van der Waals surface area contributed by atoms with Crippen LogP contribution >= 0.6 is 0 Å². The SMILES string of the molecule is COc1cc2c(cc3cocc4cc5c(C(C)C)c(OC)c(OC)cc5c5oc2c3c45)c(C(C)C)c1OC. The van der Waals surface area contributed by atoms with E-state index < -0.39 is 0 Å². The fraction of sp³-hybridized carbons (Fsp3) is 0.312. The lowest BCUT2D eigenvalue weighted by Gasteiger charge is -2.18. The first-order chi connectivity index (χ1) is 18.3. The summed E-state index contributed by atoms with van der Waals surface area (Å²) in [5.74, 6) is 3.22. The second-order valence-corrected chi connectivity index (χ2v) is 10.4. The Bertz CT molecular complexity index is 1740. The predicted octanol–water partition coefficient (Wildman–Crippen LogP) is 8.92. The van der Waals surface area contributed by atoms with Crippen LogP contribution in [0, 0.1) is 0 Å². The third-order valence-electron chi connectivity index (χ3n) is 7.62. The molecule has 0 fully saturated rings. The summed E-state index contributed by atoms with van der Waals surface area (Å²) >= 11 is 0. The number of furan rings is 1. The van der Waals surface area contributed by atoms with Gasteiger partial charge in [0.05, 0.1) is 41.0 Å². The molecule has 0 saturated heterocycles. The van der Waals surface area contributed by atoms with Gasteiger partial charge < -0.3 is 27.8 Å². The van der Waals surface area contributed by atoms with Crippen molar-refractivity contribution in [3.05, 3.63) is 47.9 Å². The average Bonchev–Trinajstić information content (AvgIpc) is 3.22. The normalized spacial score (nSPS) is 12.2. The molecular formula is C32H32O6. The molecule has 6 aromatic rings. The van der Waals surface area contributed by atoms with E-state index in [9.17, 15) is 0 Å². The second-order valence-electron chi connectivity index (χ2n) is 10.4. The molecule has 2 heterocycles. The second kappa shape index (κ2) is 8.76. The first kappa shape index (κ1) is 24.3. The van der Waals surface area contributed by atoms with Crippen molar-refractivity contribution in [3.63, 3.8) is 0 Å². The van der Waals surface area contributed by atoms with Gasteiger partial charge in [-0.1, -0.05) is 27.7 Å². The lowest BCUT2D eigenvalue weighted by Crippen LogP contribution is -1.99. The number of methoxy groups -OCH3 is 4. The smallest absolute Gasteiger partial charge is 0.164 e. The summed E-state index contributed by atoms with van der Waals surface area (Å²) in [4.78, 5) is 0.